The summed E-state index contributed by atoms with van der Waals surface area (Å²) in [5.74, 6) is -2.60. The van der Waals surface area contributed by atoms with Gasteiger partial charge in [0.1, 0.15) is 17.2 Å². The zero-order valence-electron chi connectivity index (χ0n) is 26.6. The highest BCUT2D eigenvalue weighted by atomic mass is 16.6. The molecule has 0 aromatic heterocycles. The van der Waals surface area contributed by atoms with E-state index < -0.39 is 29.8 Å². The van der Waals surface area contributed by atoms with Gasteiger partial charge in [-0.15, -0.1) is 0 Å². The molecule has 11 heteroatoms. The second-order valence-corrected chi connectivity index (χ2v) is 9.97. The number of benzene rings is 3. The number of esters is 5. The van der Waals surface area contributed by atoms with E-state index in [1.54, 1.807) is 30.3 Å². The predicted octanol–water partition coefficient (Wildman–Crippen LogP) is 6.54. The van der Waals surface area contributed by atoms with E-state index in [0.29, 0.717) is 36.5 Å². The zero-order valence-corrected chi connectivity index (χ0v) is 26.6. The summed E-state index contributed by atoms with van der Waals surface area (Å²) < 4.78 is 32.0. The lowest BCUT2D eigenvalue weighted by atomic mass is 10.1. The van der Waals surface area contributed by atoms with Crippen molar-refractivity contribution in [2.45, 2.75) is 39.0 Å². The van der Waals surface area contributed by atoms with E-state index in [2.05, 4.69) is 19.7 Å². The van der Waals surface area contributed by atoms with Crippen LogP contribution in [-0.4, -0.2) is 43.1 Å². The minimum atomic E-state index is -0.829. The molecule has 3 aromatic carbocycles. The molecule has 0 saturated heterocycles. The van der Waals surface area contributed by atoms with Crippen molar-refractivity contribution in [1.29, 1.82) is 0 Å². The van der Waals surface area contributed by atoms with Crippen LogP contribution in [-0.2, 0) is 25.5 Å². The minimum Gasteiger partial charge on any atom is -0.494 e. The summed E-state index contributed by atoms with van der Waals surface area (Å²) in [6.45, 7) is 12.7. The van der Waals surface area contributed by atoms with Gasteiger partial charge in [0.2, 0.25) is 0 Å². The van der Waals surface area contributed by atoms with Crippen LogP contribution in [0.2, 0.25) is 0 Å². The van der Waals surface area contributed by atoms with Gasteiger partial charge >= 0.3 is 29.8 Å². The molecule has 0 spiro atoms. The van der Waals surface area contributed by atoms with Gasteiger partial charge in [-0.05, 0) is 98.3 Å². The molecule has 0 aliphatic heterocycles. The minimum absolute atomic E-state index is 0.00833. The molecule has 3 aromatic rings. The fourth-order valence-electron chi connectivity index (χ4n) is 4.09. The van der Waals surface area contributed by atoms with E-state index in [0.717, 1.165) is 43.9 Å². The smallest absolute Gasteiger partial charge is 0.343 e. The molecule has 0 unspecified atom stereocenters. The van der Waals surface area contributed by atoms with E-state index in [-0.39, 0.29) is 28.6 Å². The van der Waals surface area contributed by atoms with Gasteiger partial charge in [-0.25, -0.2) is 24.0 Å². The fourth-order valence-corrected chi connectivity index (χ4v) is 4.09. The van der Waals surface area contributed by atoms with Crippen LogP contribution in [0.3, 0.4) is 0 Å². The lowest BCUT2D eigenvalue weighted by Crippen LogP contribution is -2.13. The van der Waals surface area contributed by atoms with Gasteiger partial charge in [-0.2, -0.15) is 0 Å². The number of carbonyl (C=O) groups is 5. The first kappa shape index (κ1) is 36.5. The summed E-state index contributed by atoms with van der Waals surface area (Å²) in [4.78, 5) is 60.3. The predicted molar refractivity (Wildman–Crippen MR) is 175 cm³/mol. The molecule has 0 aliphatic carbocycles. The van der Waals surface area contributed by atoms with Crippen molar-refractivity contribution in [1.82, 2.24) is 0 Å². The molecule has 0 radical (unpaired) electrons. The number of hydrogen-bond donors (Lipinski definition) is 0. The molecular weight excluding hydrogens is 620 g/mol. The number of carbonyl (C=O) groups excluding carboxylic acids is 5. The van der Waals surface area contributed by atoms with Crippen LogP contribution in [0.4, 0.5) is 0 Å². The van der Waals surface area contributed by atoms with E-state index >= 15 is 0 Å². The monoisotopic (exact) mass is 656 g/mol. The summed E-state index contributed by atoms with van der Waals surface area (Å²) in [6, 6.07) is 15.0. The molecular formula is C37H36O11. The topological polar surface area (TPSA) is 141 Å². The Morgan fingerprint density at radius 1 is 0.562 bits per heavy atom. The quantitative estimate of drug-likeness (QED) is 0.0638. The molecule has 0 bridgehead atoms. The maximum absolute atomic E-state index is 13.0. The first-order valence-corrected chi connectivity index (χ1v) is 15.1. The largest absolute Gasteiger partial charge is 0.494 e. The summed E-state index contributed by atoms with van der Waals surface area (Å²) >= 11 is 0. The second-order valence-electron chi connectivity index (χ2n) is 9.97. The Bertz CT molecular complexity index is 1650. The Morgan fingerprint density at radius 2 is 1.12 bits per heavy atom. The van der Waals surface area contributed by atoms with Crippen molar-refractivity contribution in [3.63, 3.8) is 0 Å². The van der Waals surface area contributed by atoms with E-state index in [9.17, 15) is 24.0 Å². The molecule has 0 aliphatic rings. The second kappa shape index (κ2) is 18.9. The highest BCUT2D eigenvalue weighted by Gasteiger charge is 2.19. The first-order valence-electron chi connectivity index (χ1n) is 15.1. The van der Waals surface area contributed by atoms with Crippen LogP contribution in [0.15, 0.2) is 98.6 Å². The summed E-state index contributed by atoms with van der Waals surface area (Å²) in [6.07, 6.45) is 6.86. The third-order valence-corrected chi connectivity index (χ3v) is 6.57. The van der Waals surface area contributed by atoms with Gasteiger partial charge in [0.15, 0.2) is 11.5 Å². The number of ether oxygens (including phenoxy) is 6. The maximum atomic E-state index is 13.0. The third kappa shape index (κ3) is 11.4. The standard InChI is InChI=1S/C37H36O11/c1-5-25-23-29(45-36(41)26-13-16-28(17-14-26)43-21-11-9-10-12-22-44-33(38)6-2)18-20-30(25)48-37(42)27-15-19-31(46-34(39)7-3)32(24-27)47-35(40)8-4/h6-8,13-20,23-24H,2-5,9-12,21-22H2,1H3. The molecule has 11 nitrogen and oxygen atoms in total. The number of aryl methyl sites for hydroxylation is 1. The maximum Gasteiger partial charge on any atom is 0.343 e. The first-order chi connectivity index (χ1) is 23.2. The lowest BCUT2D eigenvalue weighted by molar-refractivity contribution is -0.138. The summed E-state index contributed by atoms with van der Waals surface area (Å²) in [7, 11) is 0. The van der Waals surface area contributed by atoms with Crippen molar-refractivity contribution in [3.05, 3.63) is 115 Å². The molecule has 48 heavy (non-hydrogen) atoms. The van der Waals surface area contributed by atoms with Crippen LogP contribution in [0.1, 0.15) is 58.9 Å². The Balaban J connectivity index is 1.56. The lowest BCUT2D eigenvalue weighted by Gasteiger charge is -2.13. The average Bonchev–Trinajstić information content (AvgIpc) is 3.10. The van der Waals surface area contributed by atoms with E-state index in [1.807, 2.05) is 6.92 Å². The van der Waals surface area contributed by atoms with Gasteiger partial charge in [0.05, 0.1) is 24.3 Å². The Kier molecular flexibility index (Phi) is 14.3. The van der Waals surface area contributed by atoms with Gasteiger partial charge < -0.3 is 28.4 Å². The molecule has 3 rings (SSSR count). The number of hydrogen-bond acceptors (Lipinski definition) is 11. The van der Waals surface area contributed by atoms with Gasteiger partial charge in [0, 0.05) is 18.2 Å². The van der Waals surface area contributed by atoms with Crippen molar-refractivity contribution in [2.75, 3.05) is 13.2 Å². The van der Waals surface area contributed by atoms with Crippen molar-refractivity contribution >= 4 is 29.8 Å². The SMILES string of the molecule is C=CC(=O)OCCCCCCOc1ccc(C(=O)Oc2ccc(OC(=O)c3ccc(OC(=O)C=C)c(OC(=O)C=C)c3)c(CC)c2)cc1. The van der Waals surface area contributed by atoms with Crippen LogP contribution >= 0.6 is 0 Å². The molecule has 0 saturated carbocycles. The molecule has 250 valence electrons. The van der Waals surface area contributed by atoms with Gasteiger partial charge in [0.25, 0.3) is 0 Å². The molecule has 0 heterocycles. The molecule has 0 amide bonds. The van der Waals surface area contributed by atoms with Crippen LogP contribution in [0.5, 0.6) is 28.7 Å². The van der Waals surface area contributed by atoms with Gasteiger partial charge in [-0.1, -0.05) is 26.7 Å². The van der Waals surface area contributed by atoms with Crippen LogP contribution in [0.25, 0.3) is 0 Å². The van der Waals surface area contributed by atoms with Crippen molar-refractivity contribution < 1.29 is 52.4 Å². The Hall–Kier alpha value is -5.97. The van der Waals surface area contributed by atoms with Crippen LogP contribution < -0.4 is 23.7 Å². The highest BCUT2D eigenvalue weighted by Crippen LogP contribution is 2.31. The van der Waals surface area contributed by atoms with Crippen molar-refractivity contribution in [3.8, 4) is 28.7 Å². The Morgan fingerprint density at radius 3 is 1.77 bits per heavy atom. The zero-order chi connectivity index (χ0) is 34.9. The Labute approximate surface area is 278 Å². The van der Waals surface area contributed by atoms with E-state index in [1.165, 1.54) is 30.3 Å². The highest BCUT2D eigenvalue weighted by molar-refractivity contribution is 5.94. The van der Waals surface area contributed by atoms with Gasteiger partial charge in [-0.3, -0.25) is 0 Å². The normalized spacial score (nSPS) is 10.2. The van der Waals surface area contributed by atoms with Crippen LogP contribution in [0, 0.1) is 0 Å². The molecule has 0 N–H and O–H groups in total. The summed E-state index contributed by atoms with van der Waals surface area (Å²) in [5, 5.41) is 0. The van der Waals surface area contributed by atoms with Crippen molar-refractivity contribution in [2.24, 2.45) is 0 Å². The molecule has 0 atom stereocenters. The number of unbranched alkanes of at least 4 members (excludes halogenated alkanes) is 3. The summed E-state index contributed by atoms with van der Waals surface area (Å²) in [5.41, 5.74) is 0.916. The number of rotatable bonds is 18. The third-order valence-electron chi connectivity index (χ3n) is 6.57. The fraction of sp³-hybridized carbons (Fsp3) is 0.216. The van der Waals surface area contributed by atoms with E-state index in [4.69, 9.17) is 28.4 Å². The average molecular weight is 657 g/mol. The molecule has 0 fully saturated rings.